The first-order valence-electron chi connectivity index (χ1n) is 5.68. The summed E-state index contributed by atoms with van der Waals surface area (Å²) in [6.07, 6.45) is 0. The van der Waals surface area contributed by atoms with Crippen molar-refractivity contribution in [3.8, 4) is 5.75 Å². The van der Waals surface area contributed by atoms with Crippen molar-refractivity contribution >= 4 is 11.8 Å². The molecule has 16 heavy (non-hydrogen) atoms. The molecule has 0 radical (unpaired) electrons. The minimum atomic E-state index is 0.279. The highest BCUT2D eigenvalue weighted by atomic mass is 32.2. The predicted molar refractivity (Wildman–Crippen MR) is 70.3 cm³/mol. The minimum absolute atomic E-state index is 0.279. The van der Waals surface area contributed by atoms with Gasteiger partial charge in [0.25, 0.3) is 0 Å². The lowest BCUT2D eigenvalue weighted by molar-refractivity contribution is 0.407. The van der Waals surface area contributed by atoms with Gasteiger partial charge in [0.2, 0.25) is 0 Å². The smallest absolute Gasteiger partial charge is 0.123 e. The van der Waals surface area contributed by atoms with Crippen LogP contribution in [0.3, 0.4) is 0 Å². The number of hydrogen-bond acceptors (Lipinski definition) is 3. The van der Waals surface area contributed by atoms with Gasteiger partial charge >= 0.3 is 0 Å². The maximum absolute atomic E-state index is 6.03. The van der Waals surface area contributed by atoms with Gasteiger partial charge in [-0.25, -0.2) is 0 Å². The molecular weight excluding hydrogens is 218 g/mol. The van der Waals surface area contributed by atoms with Crippen molar-refractivity contribution in [1.29, 1.82) is 0 Å². The average Bonchev–Trinajstić information content (AvgIpc) is 2.27. The summed E-state index contributed by atoms with van der Waals surface area (Å²) in [6.45, 7) is 4.42. The topological polar surface area (TPSA) is 35.2 Å². The molecule has 2 atom stereocenters. The molecule has 0 amide bonds. The van der Waals surface area contributed by atoms with Gasteiger partial charge in [-0.05, 0) is 17.5 Å². The van der Waals surface area contributed by atoms with Gasteiger partial charge in [-0.15, -0.1) is 0 Å². The number of thioether (sulfide) groups is 1. The minimum Gasteiger partial charge on any atom is -0.496 e. The Bertz CT molecular complexity index is 378. The molecule has 0 aromatic heterocycles. The summed E-state index contributed by atoms with van der Waals surface area (Å²) in [7, 11) is 1.72. The first-order valence-corrected chi connectivity index (χ1v) is 6.73. The summed E-state index contributed by atoms with van der Waals surface area (Å²) in [6, 6.07) is 6.74. The SMILES string of the molecule is COc1ccc(C(C)C)cc1C1SCC1N. The Labute approximate surface area is 102 Å². The molecule has 1 saturated heterocycles. The fourth-order valence-electron chi connectivity index (χ4n) is 1.96. The lowest BCUT2D eigenvalue weighted by Crippen LogP contribution is -2.37. The third kappa shape index (κ3) is 2.06. The van der Waals surface area contributed by atoms with Gasteiger partial charge in [0.1, 0.15) is 5.75 Å². The van der Waals surface area contributed by atoms with E-state index in [4.69, 9.17) is 10.5 Å². The van der Waals surface area contributed by atoms with E-state index in [0.29, 0.717) is 11.2 Å². The quantitative estimate of drug-likeness (QED) is 0.878. The van der Waals surface area contributed by atoms with Crippen LogP contribution in [-0.2, 0) is 0 Å². The van der Waals surface area contributed by atoms with Gasteiger partial charge in [-0.2, -0.15) is 11.8 Å². The summed E-state index contributed by atoms with van der Waals surface area (Å²) < 4.78 is 5.42. The Morgan fingerprint density at radius 3 is 2.62 bits per heavy atom. The Balaban J connectivity index is 2.35. The van der Waals surface area contributed by atoms with E-state index in [2.05, 4.69) is 32.0 Å². The van der Waals surface area contributed by atoms with E-state index in [-0.39, 0.29) is 6.04 Å². The highest BCUT2D eigenvalue weighted by Crippen LogP contribution is 2.45. The molecular formula is C13H19NOS. The van der Waals surface area contributed by atoms with Gasteiger partial charge in [-0.1, -0.05) is 26.0 Å². The maximum atomic E-state index is 6.03. The Morgan fingerprint density at radius 2 is 2.19 bits per heavy atom. The largest absolute Gasteiger partial charge is 0.496 e. The zero-order valence-electron chi connectivity index (χ0n) is 10.1. The number of hydrogen-bond donors (Lipinski definition) is 1. The molecule has 1 aliphatic rings. The lowest BCUT2D eigenvalue weighted by atomic mass is 9.96. The zero-order valence-corrected chi connectivity index (χ0v) is 10.9. The van der Waals surface area contributed by atoms with Crippen LogP contribution in [-0.4, -0.2) is 18.9 Å². The first kappa shape index (κ1) is 11.8. The summed E-state index contributed by atoms with van der Waals surface area (Å²) in [4.78, 5) is 0. The van der Waals surface area contributed by atoms with Crippen LogP contribution in [0.2, 0.25) is 0 Å². The van der Waals surface area contributed by atoms with Crippen molar-refractivity contribution in [2.45, 2.75) is 31.1 Å². The second-order valence-corrected chi connectivity index (χ2v) is 5.75. The fraction of sp³-hybridized carbons (Fsp3) is 0.538. The maximum Gasteiger partial charge on any atom is 0.123 e. The number of methoxy groups -OCH3 is 1. The summed E-state index contributed by atoms with van der Waals surface area (Å²) >= 11 is 1.91. The van der Waals surface area contributed by atoms with Crippen molar-refractivity contribution in [1.82, 2.24) is 0 Å². The molecule has 1 heterocycles. The highest BCUT2D eigenvalue weighted by molar-refractivity contribution is 8.01. The third-order valence-corrected chi connectivity index (χ3v) is 4.62. The Morgan fingerprint density at radius 1 is 1.44 bits per heavy atom. The van der Waals surface area contributed by atoms with Crippen LogP contribution in [0, 0.1) is 0 Å². The predicted octanol–water partition coefficient (Wildman–Crippen LogP) is 2.93. The molecule has 1 fully saturated rings. The van der Waals surface area contributed by atoms with Crippen LogP contribution >= 0.6 is 11.8 Å². The van der Waals surface area contributed by atoms with Crippen LogP contribution in [0.25, 0.3) is 0 Å². The molecule has 0 bridgehead atoms. The van der Waals surface area contributed by atoms with Crippen molar-refractivity contribution < 1.29 is 4.74 Å². The second-order valence-electron chi connectivity index (χ2n) is 4.57. The van der Waals surface area contributed by atoms with Crippen LogP contribution in [0.15, 0.2) is 18.2 Å². The summed E-state index contributed by atoms with van der Waals surface area (Å²) in [5, 5.41) is 0.411. The lowest BCUT2D eigenvalue weighted by Gasteiger charge is -2.34. The molecule has 2 N–H and O–H groups in total. The van der Waals surface area contributed by atoms with E-state index < -0.39 is 0 Å². The van der Waals surface area contributed by atoms with Crippen molar-refractivity contribution in [3.63, 3.8) is 0 Å². The molecule has 1 aliphatic heterocycles. The number of ether oxygens (including phenoxy) is 1. The number of benzene rings is 1. The molecule has 3 heteroatoms. The molecule has 1 aromatic rings. The van der Waals surface area contributed by atoms with Crippen LogP contribution in [0.1, 0.15) is 36.1 Å². The van der Waals surface area contributed by atoms with Gasteiger partial charge in [0.05, 0.1) is 7.11 Å². The second kappa shape index (κ2) is 4.68. The highest BCUT2D eigenvalue weighted by Gasteiger charge is 2.32. The van der Waals surface area contributed by atoms with Gasteiger partial charge in [0.15, 0.2) is 0 Å². The molecule has 0 saturated carbocycles. The van der Waals surface area contributed by atoms with E-state index in [1.165, 1.54) is 11.1 Å². The van der Waals surface area contributed by atoms with Crippen LogP contribution in [0.4, 0.5) is 0 Å². The van der Waals surface area contributed by atoms with Crippen LogP contribution < -0.4 is 10.5 Å². The van der Waals surface area contributed by atoms with Crippen molar-refractivity contribution in [3.05, 3.63) is 29.3 Å². The molecule has 2 rings (SSSR count). The molecule has 0 aliphatic carbocycles. The third-order valence-electron chi connectivity index (χ3n) is 3.08. The van der Waals surface area contributed by atoms with E-state index >= 15 is 0 Å². The normalized spacial score (nSPS) is 24.3. The van der Waals surface area contributed by atoms with E-state index in [1.807, 2.05) is 11.8 Å². The number of nitrogens with two attached hydrogens (primary N) is 1. The standard InChI is InChI=1S/C13H19NOS/c1-8(2)9-4-5-12(15-3)10(6-9)13-11(14)7-16-13/h4-6,8,11,13H,7,14H2,1-3H3. The number of rotatable bonds is 3. The molecule has 2 unspecified atom stereocenters. The summed E-state index contributed by atoms with van der Waals surface area (Å²) in [5.41, 5.74) is 8.65. The van der Waals surface area contributed by atoms with E-state index in [1.54, 1.807) is 7.11 Å². The molecule has 88 valence electrons. The summed E-state index contributed by atoms with van der Waals surface area (Å²) in [5.74, 6) is 2.57. The fourth-order valence-corrected chi connectivity index (χ4v) is 2.93. The molecule has 1 aromatic carbocycles. The van der Waals surface area contributed by atoms with Crippen molar-refractivity contribution in [2.24, 2.45) is 5.73 Å². The van der Waals surface area contributed by atoms with E-state index in [9.17, 15) is 0 Å². The average molecular weight is 237 g/mol. The van der Waals surface area contributed by atoms with Crippen LogP contribution in [0.5, 0.6) is 5.75 Å². The zero-order chi connectivity index (χ0) is 11.7. The molecule has 0 spiro atoms. The first-order chi connectivity index (χ1) is 7.63. The van der Waals surface area contributed by atoms with Gasteiger partial charge in [-0.3, -0.25) is 0 Å². The Hall–Kier alpha value is -0.670. The van der Waals surface area contributed by atoms with E-state index in [0.717, 1.165) is 11.5 Å². The van der Waals surface area contributed by atoms with Gasteiger partial charge < -0.3 is 10.5 Å². The molecule has 2 nitrogen and oxygen atoms in total. The van der Waals surface area contributed by atoms with Crippen molar-refractivity contribution in [2.75, 3.05) is 12.9 Å². The Kier molecular flexibility index (Phi) is 3.45. The van der Waals surface area contributed by atoms with Gasteiger partial charge in [0, 0.05) is 22.6 Å². The monoisotopic (exact) mass is 237 g/mol.